The number of carbonyl (C=O) groups is 2. The van der Waals surface area contributed by atoms with Crippen LogP contribution in [-0.4, -0.2) is 27.7 Å². The van der Waals surface area contributed by atoms with Gasteiger partial charge in [0.2, 0.25) is 5.78 Å². The predicted octanol–water partition coefficient (Wildman–Crippen LogP) is 1.45. The second-order valence-electron chi connectivity index (χ2n) is 3.29. The molecule has 0 unspecified atom stereocenters. The van der Waals surface area contributed by atoms with Crippen LogP contribution in [-0.2, 0) is 9.53 Å². The number of aromatic nitrogens is 2. The molecule has 0 aliphatic heterocycles. The number of thiazole rings is 1. The number of esters is 1. The fourth-order valence-electron chi connectivity index (χ4n) is 1.39. The first-order valence-corrected chi connectivity index (χ1v) is 5.56. The molecule has 0 N–H and O–H groups in total. The van der Waals surface area contributed by atoms with E-state index < -0.39 is 5.97 Å². The molecule has 5 nitrogen and oxygen atoms in total. The Balaban J connectivity index is 2.29. The summed E-state index contributed by atoms with van der Waals surface area (Å²) in [6.45, 7) is 2.84. The summed E-state index contributed by atoms with van der Waals surface area (Å²) in [4.78, 5) is 27.3. The fraction of sp³-hybridized carbons (Fsp3) is 0.300. The Hall–Kier alpha value is -1.69. The topological polar surface area (TPSA) is 60.7 Å². The first-order valence-electron chi connectivity index (χ1n) is 4.68. The SMILES string of the molecule is CC(=O)OCC(=O)c1nc(C)n2ccsc12. The van der Waals surface area contributed by atoms with Crippen molar-refractivity contribution in [2.75, 3.05) is 6.61 Å². The smallest absolute Gasteiger partial charge is 0.303 e. The van der Waals surface area contributed by atoms with Crippen LogP contribution < -0.4 is 0 Å². The molecule has 0 aromatic carbocycles. The molecule has 16 heavy (non-hydrogen) atoms. The van der Waals surface area contributed by atoms with Crippen LogP contribution in [0.4, 0.5) is 0 Å². The van der Waals surface area contributed by atoms with Gasteiger partial charge in [-0.3, -0.25) is 14.0 Å². The van der Waals surface area contributed by atoms with Crippen LogP contribution in [0.15, 0.2) is 11.6 Å². The van der Waals surface area contributed by atoms with Crippen LogP contribution >= 0.6 is 11.3 Å². The summed E-state index contributed by atoms with van der Waals surface area (Å²) in [5.41, 5.74) is 0.369. The van der Waals surface area contributed by atoms with E-state index >= 15 is 0 Å². The minimum Gasteiger partial charge on any atom is -0.457 e. The maximum Gasteiger partial charge on any atom is 0.303 e. The lowest BCUT2D eigenvalue weighted by molar-refractivity contribution is -0.139. The summed E-state index contributed by atoms with van der Waals surface area (Å²) in [5.74, 6) is 0.0115. The normalized spacial score (nSPS) is 10.6. The third-order valence-corrected chi connectivity index (χ3v) is 2.97. The van der Waals surface area contributed by atoms with Gasteiger partial charge in [-0.2, -0.15) is 0 Å². The van der Waals surface area contributed by atoms with E-state index in [2.05, 4.69) is 9.72 Å². The quantitative estimate of drug-likeness (QED) is 0.599. The molecule has 0 radical (unpaired) electrons. The van der Waals surface area contributed by atoms with E-state index in [1.807, 2.05) is 22.9 Å². The molecule has 0 aliphatic rings. The summed E-state index contributed by atoms with van der Waals surface area (Å²) in [6, 6.07) is 0. The van der Waals surface area contributed by atoms with Gasteiger partial charge in [0, 0.05) is 18.5 Å². The predicted molar refractivity (Wildman–Crippen MR) is 58.8 cm³/mol. The van der Waals surface area contributed by atoms with Crippen LogP contribution in [0.5, 0.6) is 0 Å². The Kier molecular flexibility index (Phi) is 2.74. The lowest BCUT2D eigenvalue weighted by atomic mass is 10.3. The van der Waals surface area contributed by atoms with Crippen LogP contribution in [0.25, 0.3) is 4.83 Å². The average molecular weight is 238 g/mol. The Labute approximate surface area is 95.7 Å². The van der Waals surface area contributed by atoms with E-state index in [9.17, 15) is 9.59 Å². The highest BCUT2D eigenvalue weighted by Crippen LogP contribution is 2.19. The van der Waals surface area contributed by atoms with Gasteiger partial charge in [-0.05, 0) is 6.92 Å². The van der Waals surface area contributed by atoms with Crippen molar-refractivity contribution in [3.8, 4) is 0 Å². The van der Waals surface area contributed by atoms with Gasteiger partial charge < -0.3 is 4.74 Å². The summed E-state index contributed by atoms with van der Waals surface area (Å²) < 4.78 is 6.50. The van der Waals surface area contributed by atoms with Gasteiger partial charge in [0.05, 0.1) is 0 Å². The second-order valence-corrected chi connectivity index (χ2v) is 4.18. The van der Waals surface area contributed by atoms with Crippen molar-refractivity contribution in [1.29, 1.82) is 0 Å². The number of ether oxygens (including phenoxy) is 1. The molecular formula is C10H10N2O3S. The molecule has 84 valence electrons. The molecule has 2 aromatic rings. The third kappa shape index (κ3) is 1.83. The Morgan fingerprint density at radius 3 is 3.00 bits per heavy atom. The standard InChI is InChI=1S/C10H10N2O3S/c1-6-11-9(8(14)5-15-7(2)13)10-12(6)3-4-16-10/h3-4H,5H2,1-2H3. The molecule has 2 rings (SSSR count). The molecule has 0 saturated carbocycles. The van der Waals surface area contributed by atoms with Crippen LogP contribution in [0.2, 0.25) is 0 Å². The molecule has 2 aromatic heterocycles. The van der Waals surface area contributed by atoms with Crippen molar-refractivity contribution in [1.82, 2.24) is 9.38 Å². The molecular weight excluding hydrogens is 228 g/mol. The lowest BCUT2D eigenvalue weighted by Gasteiger charge is -1.97. The Bertz CT molecular complexity index is 555. The number of hydrogen-bond acceptors (Lipinski definition) is 5. The number of ketones is 1. The van der Waals surface area contributed by atoms with E-state index in [1.165, 1.54) is 18.3 Å². The molecule has 2 heterocycles. The molecule has 0 atom stereocenters. The maximum absolute atomic E-state index is 11.7. The molecule has 0 spiro atoms. The van der Waals surface area contributed by atoms with E-state index in [4.69, 9.17) is 0 Å². The van der Waals surface area contributed by atoms with Gasteiger partial charge >= 0.3 is 5.97 Å². The summed E-state index contributed by atoms with van der Waals surface area (Å²) in [7, 11) is 0. The molecule has 0 saturated heterocycles. The minimum atomic E-state index is -0.466. The van der Waals surface area contributed by atoms with Gasteiger partial charge in [-0.25, -0.2) is 4.98 Å². The Morgan fingerprint density at radius 1 is 1.56 bits per heavy atom. The molecule has 0 amide bonds. The summed E-state index contributed by atoms with van der Waals surface area (Å²) in [6.07, 6.45) is 1.85. The highest BCUT2D eigenvalue weighted by Gasteiger charge is 2.17. The van der Waals surface area contributed by atoms with Gasteiger partial charge in [-0.1, -0.05) is 0 Å². The monoisotopic (exact) mass is 238 g/mol. The number of fused-ring (bicyclic) bond motifs is 1. The second kappa shape index (κ2) is 4.05. The minimum absolute atomic E-state index is 0.251. The largest absolute Gasteiger partial charge is 0.457 e. The number of carbonyl (C=O) groups excluding carboxylic acids is 2. The van der Waals surface area contributed by atoms with E-state index in [0.29, 0.717) is 5.69 Å². The van der Waals surface area contributed by atoms with Crippen molar-refractivity contribution in [2.45, 2.75) is 13.8 Å². The zero-order valence-electron chi connectivity index (χ0n) is 8.89. The van der Waals surface area contributed by atoms with Crippen LogP contribution in [0.3, 0.4) is 0 Å². The first-order chi connectivity index (χ1) is 7.59. The van der Waals surface area contributed by atoms with Crippen molar-refractivity contribution >= 4 is 27.9 Å². The highest BCUT2D eigenvalue weighted by atomic mass is 32.1. The van der Waals surface area contributed by atoms with Gasteiger partial charge in [0.15, 0.2) is 6.61 Å². The van der Waals surface area contributed by atoms with Crippen molar-refractivity contribution in [3.05, 3.63) is 23.1 Å². The number of nitrogens with zero attached hydrogens (tertiary/aromatic N) is 2. The number of rotatable bonds is 3. The fourth-order valence-corrected chi connectivity index (χ4v) is 2.27. The number of Topliss-reactive ketones (excluding diaryl/α,β-unsaturated/α-hetero) is 1. The lowest BCUT2D eigenvalue weighted by Crippen LogP contribution is -2.12. The zero-order valence-corrected chi connectivity index (χ0v) is 9.71. The van der Waals surface area contributed by atoms with E-state index in [-0.39, 0.29) is 12.4 Å². The number of aryl methyl sites for hydroxylation is 1. The molecule has 0 fully saturated rings. The molecule has 6 heteroatoms. The average Bonchev–Trinajstić information content (AvgIpc) is 2.79. The van der Waals surface area contributed by atoms with E-state index in [0.717, 1.165) is 10.7 Å². The van der Waals surface area contributed by atoms with Gasteiger partial charge in [0.1, 0.15) is 16.3 Å². The van der Waals surface area contributed by atoms with Gasteiger partial charge in [-0.15, -0.1) is 11.3 Å². The van der Waals surface area contributed by atoms with Crippen molar-refractivity contribution in [3.63, 3.8) is 0 Å². The number of hydrogen-bond donors (Lipinski definition) is 0. The molecule has 0 aliphatic carbocycles. The van der Waals surface area contributed by atoms with E-state index in [1.54, 1.807) is 0 Å². The first kappa shape index (κ1) is 10.8. The van der Waals surface area contributed by atoms with Crippen LogP contribution in [0, 0.1) is 6.92 Å². The summed E-state index contributed by atoms with van der Waals surface area (Å²) in [5, 5.41) is 1.88. The summed E-state index contributed by atoms with van der Waals surface area (Å²) >= 11 is 1.44. The molecule has 0 bridgehead atoms. The number of imidazole rings is 1. The van der Waals surface area contributed by atoms with Gasteiger partial charge in [0.25, 0.3) is 0 Å². The van der Waals surface area contributed by atoms with Crippen molar-refractivity contribution in [2.24, 2.45) is 0 Å². The zero-order chi connectivity index (χ0) is 11.7. The van der Waals surface area contributed by atoms with Crippen LogP contribution in [0.1, 0.15) is 23.2 Å². The third-order valence-electron chi connectivity index (χ3n) is 2.10. The highest BCUT2D eigenvalue weighted by molar-refractivity contribution is 7.15. The Morgan fingerprint density at radius 2 is 2.31 bits per heavy atom. The van der Waals surface area contributed by atoms with Crippen molar-refractivity contribution < 1.29 is 14.3 Å². The maximum atomic E-state index is 11.7.